The van der Waals surface area contributed by atoms with E-state index < -0.39 is 0 Å². The van der Waals surface area contributed by atoms with Crippen molar-refractivity contribution in [3.05, 3.63) is 0 Å². The maximum Gasteiger partial charge on any atom is 0.227 e. The first kappa shape index (κ1) is 18.7. The van der Waals surface area contributed by atoms with Crippen molar-refractivity contribution in [3.63, 3.8) is 0 Å². The molecule has 114 valence electrons. The smallest absolute Gasteiger partial charge is 0.227 e. The van der Waals surface area contributed by atoms with Crippen LogP contribution in [0.25, 0.3) is 0 Å². The summed E-state index contributed by atoms with van der Waals surface area (Å²) in [6, 6.07) is 0.356. The number of hydrogen-bond donors (Lipinski definition) is 2. The molecule has 1 aliphatic rings. The summed E-state index contributed by atoms with van der Waals surface area (Å²) in [6.07, 6.45) is 6.26. The summed E-state index contributed by atoms with van der Waals surface area (Å²) >= 11 is 0. The Morgan fingerprint density at radius 2 is 1.74 bits per heavy atom. The summed E-state index contributed by atoms with van der Waals surface area (Å²) in [5.74, 6) is 0.166. The van der Waals surface area contributed by atoms with Gasteiger partial charge in [0.2, 0.25) is 5.91 Å². The van der Waals surface area contributed by atoms with E-state index >= 15 is 0 Å². The molecule has 4 heteroatoms. The lowest BCUT2D eigenvalue weighted by atomic mass is 9.75. The standard InChI is InChI=1S/C15H30N2O.ClH/c1-5-15(6-2,11-16)13(18)17-12-7-9-14(3,4)10-8-12;/h12H,5-11,16H2,1-4H3,(H,17,18);1H. The van der Waals surface area contributed by atoms with Crippen LogP contribution in [0.2, 0.25) is 0 Å². The van der Waals surface area contributed by atoms with Crippen LogP contribution in [0.4, 0.5) is 0 Å². The Balaban J connectivity index is 0.00000324. The Morgan fingerprint density at radius 3 is 2.11 bits per heavy atom. The van der Waals surface area contributed by atoms with Gasteiger partial charge < -0.3 is 11.1 Å². The maximum atomic E-state index is 12.4. The molecule has 1 amide bonds. The van der Waals surface area contributed by atoms with Crippen molar-refractivity contribution >= 4 is 18.3 Å². The highest BCUT2D eigenvalue weighted by Gasteiger charge is 2.35. The fourth-order valence-corrected chi connectivity index (χ4v) is 2.83. The molecular formula is C15H31ClN2O. The molecule has 1 fully saturated rings. The minimum absolute atomic E-state index is 0. The van der Waals surface area contributed by atoms with Crippen molar-refractivity contribution in [2.75, 3.05) is 6.54 Å². The summed E-state index contributed by atoms with van der Waals surface area (Å²) < 4.78 is 0. The van der Waals surface area contributed by atoms with Crippen LogP contribution in [-0.2, 0) is 4.79 Å². The van der Waals surface area contributed by atoms with E-state index in [1.165, 1.54) is 12.8 Å². The van der Waals surface area contributed by atoms with Crippen LogP contribution >= 0.6 is 12.4 Å². The summed E-state index contributed by atoms with van der Waals surface area (Å²) in [7, 11) is 0. The van der Waals surface area contributed by atoms with Gasteiger partial charge in [0, 0.05) is 12.6 Å². The van der Waals surface area contributed by atoms with Crippen LogP contribution in [0, 0.1) is 10.8 Å². The molecule has 19 heavy (non-hydrogen) atoms. The highest BCUT2D eigenvalue weighted by Crippen LogP contribution is 2.35. The predicted molar refractivity (Wildman–Crippen MR) is 83.5 cm³/mol. The molecule has 0 spiro atoms. The molecule has 3 N–H and O–H groups in total. The molecule has 0 aliphatic heterocycles. The zero-order valence-corrected chi connectivity index (χ0v) is 13.7. The fourth-order valence-electron chi connectivity index (χ4n) is 2.83. The third-order valence-electron chi connectivity index (χ3n) is 4.90. The van der Waals surface area contributed by atoms with Crippen LogP contribution in [0.3, 0.4) is 0 Å². The largest absolute Gasteiger partial charge is 0.353 e. The molecule has 0 radical (unpaired) electrons. The van der Waals surface area contributed by atoms with Gasteiger partial charge >= 0.3 is 0 Å². The zero-order chi connectivity index (χ0) is 13.8. The molecule has 0 atom stereocenters. The average Bonchev–Trinajstić information content (AvgIpc) is 2.35. The number of nitrogens with one attached hydrogen (secondary N) is 1. The van der Waals surface area contributed by atoms with E-state index in [-0.39, 0.29) is 23.7 Å². The minimum Gasteiger partial charge on any atom is -0.353 e. The van der Waals surface area contributed by atoms with Crippen molar-refractivity contribution < 1.29 is 4.79 Å². The average molecular weight is 291 g/mol. The van der Waals surface area contributed by atoms with E-state index in [9.17, 15) is 4.79 Å². The summed E-state index contributed by atoms with van der Waals surface area (Å²) in [5.41, 5.74) is 5.91. The van der Waals surface area contributed by atoms with Crippen molar-refractivity contribution in [3.8, 4) is 0 Å². The Kier molecular flexibility index (Phi) is 7.38. The number of halogens is 1. The first-order valence-corrected chi connectivity index (χ1v) is 7.40. The predicted octanol–water partition coefficient (Wildman–Crippen LogP) is 3.26. The number of carbonyl (C=O) groups excluding carboxylic acids is 1. The normalized spacial score (nSPS) is 19.6. The summed E-state index contributed by atoms with van der Waals surface area (Å²) in [4.78, 5) is 12.4. The van der Waals surface area contributed by atoms with Gasteiger partial charge in [0.25, 0.3) is 0 Å². The zero-order valence-electron chi connectivity index (χ0n) is 12.9. The molecule has 1 rings (SSSR count). The molecule has 0 unspecified atom stereocenters. The molecule has 0 aromatic heterocycles. The van der Waals surface area contributed by atoms with Crippen molar-refractivity contribution in [1.82, 2.24) is 5.32 Å². The van der Waals surface area contributed by atoms with Gasteiger partial charge in [-0.05, 0) is 43.9 Å². The summed E-state index contributed by atoms with van der Waals surface area (Å²) in [5, 5.41) is 3.23. The topological polar surface area (TPSA) is 55.1 Å². The molecule has 1 aliphatic carbocycles. The summed E-state index contributed by atoms with van der Waals surface area (Å²) in [6.45, 7) is 9.19. The number of hydrogen-bond acceptors (Lipinski definition) is 2. The van der Waals surface area contributed by atoms with Crippen LogP contribution in [0.15, 0.2) is 0 Å². The van der Waals surface area contributed by atoms with E-state index in [2.05, 4.69) is 33.0 Å². The van der Waals surface area contributed by atoms with Crippen LogP contribution in [0.5, 0.6) is 0 Å². The second-order valence-corrected chi connectivity index (χ2v) is 6.60. The van der Waals surface area contributed by atoms with E-state index in [4.69, 9.17) is 5.73 Å². The molecule has 0 heterocycles. The van der Waals surface area contributed by atoms with Gasteiger partial charge in [-0.2, -0.15) is 0 Å². The Bertz CT molecular complexity index is 270. The quantitative estimate of drug-likeness (QED) is 0.816. The molecule has 0 bridgehead atoms. The van der Waals surface area contributed by atoms with Gasteiger partial charge in [-0.3, -0.25) is 4.79 Å². The van der Waals surface area contributed by atoms with Gasteiger partial charge in [0.05, 0.1) is 5.41 Å². The van der Waals surface area contributed by atoms with Crippen LogP contribution in [-0.4, -0.2) is 18.5 Å². The molecule has 0 aromatic rings. The Hall–Kier alpha value is -0.280. The third kappa shape index (κ3) is 4.64. The van der Waals surface area contributed by atoms with Crippen molar-refractivity contribution in [2.45, 2.75) is 72.3 Å². The molecule has 1 saturated carbocycles. The molecular weight excluding hydrogens is 260 g/mol. The van der Waals surface area contributed by atoms with E-state index in [1.54, 1.807) is 0 Å². The number of rotatable bonds is 5. The number of carbonyl (C=O) groups is 1. The third-order valence-corrected chi connectivity index (χ3v) is 4.90. The highest BCUT2D eigenvalue weighted by atomic mass is 35.5. The molecule has 0 aromatic carbocycles. The first-order valence-electron chi connectivity index (χ1n) is 7.40. The maximum absolute atomic E-state index is 12.4. The van der Waals surface area contributed by atoms with Gasteiger partial charge in [0.1, 0.15) is 0 Å². The van der Waals surface area contributed by atoms with E-state index in [0.717, 1.165) is 25.7 Å². The van der Waals surface area contributed by atoms with E-state index in [1.807, 2.05) is 0 Å². The van der Waals surface area contributed by atoms with Crippen LogP contribution in [0.1, 0.15) is 66.2 Å². The van der Waals surface area contributed by atoms with Gasteiger partial charge in [0.15, 0.2) is 0 Å². The van der Waals surface area contributed by atoms with Crippen molar-refractivity contribution in [1.29, 1.82) is 0 Å². The van der Waals surface area contributed by atoms with Gasteiger partial charge in [-0.1, -0.05) is 27.7 Å². The van der Waals surface area contributed by atoms with Gasteiger partial charge in [-0.25, -0.2) is 0 Å². The SMILES string of the molecule is CCC(CC)(CN)C(=O)NC1CCC(C)(C)CC1.Cl. The molecule has 0 saturated heterocycles. The number of amides is 1. The number of nitrogens with two attached hydrogens (primary N) is 1. The Labute approximate surface area is 124 Å². The second kappa shape index (κ2) is 7.49. The lowest BCUT2D eigenvalue weighted by Crippen LogP contribution is -2.49. The van der Waals surface area contributed by atoms with Crippen molar-refractivity contribution in [2.24, 2.45) is 16.6 Å². The highest BCUT2D eigenvalue weighted by molar-refractivity contribution is 5.85. The van der Waals surface area contributed by atoms with Crippen LogP contribution < -0.4 is 11.1 Å². The lowest BCUT2D eigenvalue weighted by molar-refractivity contribution is -0.132. The van der Waals surface area contributed by atoms with Gasteiger partial charge in [-0.15, -0.1) is 12.4 Å². The minimum atomic E-state index is -0.354. The van der Waals surface area contributed by atoms with E-state index in [0.29, 0.717) is 18.0 Å². The monoisotopic (exact) mass is 290 g/mol. The molecule has 3 nitrogen and oxygen atoms in total. The Morgan fingerprint density at radius 1 is 1.26 bits per heavy atom. The fraction of sp³-hybridized carbons (Fsp3) is 0.933. The first-order chi connectivity index (χ1) is 8.39. The lowest BCUT2D eigenvalue weighted by Gasteiger charge is -2.37. The second-order valence-electron chi connectivity index (χ2n) is 6.60.